The van der Waals surface area contributed by atoms with Gasteiger partial charge in [0.05, 0.1) is 5.60 Å². The standard InChI is InChI=1S/C11H20N4OS/c1-4-9-14-8(12)5-10(15-9)13-6-11(2,16)7-17-3/h5,16H,4,6-7H2,1-3H3,(H3,12,13,14,15). The molecular weight excluding hydrogens is 236 g/mol. The van der Waals surface area contributed by atoms with Gasteiger partial charge in [-0.25, -0.2) is 9.97 Å². The fourth-order valence-corrected chi connectivity index (χ4v) is 2.13. The molecule has 0 radical (unpaired) electrons. The number of aryl methyl sites for hydroxylation is 1. The van der Waals surface area contributed by atoms with E-state index in [1.807, 2.05) is 13.2 Å². The SMILES string of the molecule is CCc1nc(N)cc(NCC(C)(O)CSC)n1. The van der Waals surface area contributed by atoms with Crippen LogP contribution in [0, 0.1) is 0 Å². The highest BCUT2D eigenvalue weighted by Gasteiger charge is 2.19. The number of aliphatic hydroxyl groups is 1. The Kier molecular flexibility index (Phi) is 5.02. The first-order chi connectivity index (χ1) is 7.96. The summed E-state index contributed by atoms with van der Waals surface area (Å²) < 4.78 is 0. The van der Waals surface area contributed by atoms with Gasteiger partial charge in [0.25, 0.3) is 0 Å². The van der Waals surface area contributed by atoms with Gasteiger partial charge in [-0.15, -0.1) is 0 Å². The van der Waals surface area contributed by atoms with Gasteiger partial charge in [0.2, 0.25) is 0 Å². The zero-order chi connectivity index (χ0) is 12.9. The third-order valence-corrected chi connectivity index (χ3v) is 3.12. The van der Waals surface area contributed by atoms with Crippen molar-refractivity contribution in [1.29, 1.82) is 0 Å². The molecule has 1 aromatic heterocycles. The quantitative estimate of drug-likeness (QED) is 0.708. The Morgan fingerprint density at radius 3 is 2.82 bits per heavy atom. The number of nitrogens with one attached hydrogen (secondary N) is 1. The third-order valence-electron chi connectivity index (χ3n) is 2.21. The van der Waals surface area contributed by atoms with E-state index in [9.17, 15) is 5.11 Å². The molecule has 0 spiro atoms. The van der Waals surface area contributed by atoms with E-state index in [-0.39, 0.29) is 0 Å². The number of hydrogen-bond acceptors (Lipinski definition) is 6. The number of rotatable bonds is 6. The number of anilines is 2. The molecule has 1 heterocycles. The first-order valence-electron chi connectivity index (χ1n) is 5.55. The number of nitrogens with two attached hydrogens (primary N) is 1. The summed E-state index contributed by atoms with van der Waals surface area (Å²) in [5.74, 6) is 2.48. The van der Waals surface area contributed by atoms with Crippen molar-refractivity contribution in [3.05, 3.63) is 11.9 Å². The van der Waals surface area contributed by atoms with E-state index in [0.29, 0.717) is 29.8 Å². The van der Waals surface area contributed by atoms with Crippen molar-refractivity contribution in [2.45, 2.75) is 25.9 Å². The lowest BCUT2D eigenvalue weighted by molar-refractivity contribution is 0.0996. The highest BCUT2D eigenvalue weighted by atomic mass is 32.2. The van der Waals surface area contributed by atoms with Crippen molar-refractivity contribution in [2.24, 2.45) is 0 Å². The van der Waals surface area contributed by atoms with Gasteiger partial charge in [0.1, 0.15) is 17.5 Å². The van der Waals surface area contributed by atoms with Crippen LogP contribution in [0.2, 0.25) is 0 Å². The fourth-order valence-electron chi connectivity index (χ4n) is 1.41. The molecule has 0 bridgehead atoms. The second kappa shape index (κ2) is 6.07. The summed E-state index contributed by atoms with van der Waals surface area (Å²) >= 11 is 1.61. The molecule has 0 amide bonds. The molecule has 1 unspecified atom stereocenters. The molecule has 0 aliphatic heterocycles. The molecule has 1 rings (SSSR count). The Labute approximate surface area is 106 Å². The molecule has 1 atom stereocenters. The van der Waals surface area contributed by atoms with E-state index in [1.165, 1.54) is 0 Å². The molecule has 0 aromatic carbocycles. The molecule has 4 N–H and O–H groups in total. The summed E-state index contributed by atoms with van der Waals surface area (Å²) in [4.78, 5) is 8.39. The van der Waals surface area contributed by atoms with Crippen molar-refractivity contribution in [1.82, 2.24) is 9.97 Å². The van der Waals surface area contributed by atoms with Crippen molar-refractivity contribution < 1.29 is 5.11 Å². The minimum Gasteiger partial charge on any atom is -0.387 e. The van der Waals surface area contributed by atoms with Crippen molar-refractivity contribution >= 4 is 23.4 Å². The molecule has 1 aromatic rings. The monoisotopic (exact) mass is 256 g/mol. The fraction of sp³-hybridized carbons (Fsp3) is 0.636. The van der Waals surface area contributed by atoms with Crippen LogP contribution in [0.1, 0.15) is 19.7 Å². The Hall–Kier alpha value is -1.01. The van der Waals surface area contributed by atoms with Crippen molar-refractivity contribution in [3.8, 4) is 0 Å². The summed E-state index contributed by atoms with van der Waals surface area (Å²) in [6, 6.07) is 1.67. The zero-order valence-electron chi connectivity index (χ0n) is 10.5. The lowest BCUT2D eigenvalue weighted by atomic mass is 10.1. The third kappa shape index (κ3) is 4.79. The van der Waals surface area contributed by atoms with Gasteiger partial charge in [-0.3, -0.25) is 0 Å². The number of aromatic nitrogens is 2. The van der Waals surface area contributed by atoms with Gasteiger partial charge in [0.15, 0.2) is 0 Å². The van der Waals surface area contributed by atoms with E-state index >= 15 is 0 Å². The first kappa shape index (κ1) is 14.1. The number of thioether (sulfide) groups is 1. The minimum atomic E-state index is -0.758. The molecule has 0 fully saturated rings. The average Bonchev–Trinajstić information content (AvgIpc) is 2.26. The summed E-state index contributed by atoms with van der Waals surface area (Å²) in [6.45, 7) is 4.21. The lowest BCUT2D eigenvalue weighted by Gasteiger charge is -2.22. The van der Waals surface area contributed by atoms with Crippen LogP contribution in [0.3, 0.4) is 0 Å². The van der Waals surface area contributed by atoms with Gasteiger partial charge in [0, 0.05) is 24.8 Å². The van der Waals surface area contributed by atoms with Gasteiger partial charge >= 0.3 is 0 Å². The molecule has 0 aliphatic carbocycles. The largest absolute Gasteiger partial charge is 0.387 e. The predicted octanol–water partition coefficient (Wildman–Crippen LogP) is 1.15. The average molecular weight is 256 g/mol. The highest BCUT2D eigenvalue weighted by molar-refractivity contribution is 7.98. The second-order valence-electron chi connectivity index (χ2n) is 4.23. The Morgan fingerprint density at radius 2 is 2.24 bits per heavy atom. The molecule has 17 heavy (non-hydrogen) atoms. The molecule has 0 saturated carbocycles. The van der Waals surface area contributed by atoms with Crippen molar-refractivity contribution in [3.63, 3.8) is 0 Å². The predicted molar refractivity (Wildman–Crippen MR) is 73.3 cm³/mol. The van der Waals surface area contributed by atoms with Gasteiger partial charge < -0.3 is 16.2 Å². The van der Waals surface area contributed by atoms with Crippen molar-refractivity contribution in [2.75, 3.05) is 29.6 Å². The minimum absolute atomic E-state index is 0.438. The van der Waals surface area contributed by atoms with Crippen LogP contribution >= 0.6 is 11.8 Å². The first-order valence-corrected chi connectivity index (χ1v) is 6.95. The lowest BCUT2D eigenvalue weighted by Crippen LogP contribution is -2.36. The number of hydrogen-bond donors (Lipinski definition) is 3. The van der Waals surface area contributed by atoms with Crippen LogP contribution in [-0.4, -0.2) is 39.2 Å². The molecule has 5 nitrogen and oxygen atoms in total. The summed E-state index contributed by atoms with van der Waals surface area (Å²) in [5.41, 5.74) is 4.92. The summed E-state index contributed by atoms with van der Waals surface area (Å²) in [7, 11) is 0. The molecule has 0 saturated heterocycles. The maximum absolute atomic E-state index is 10.0. The zero-order valence-corrected chi connectivity index (χ0v) is 11.3. The van der Waals surface area contributed by atoms with E-state index in [0.717, 1.165) is 6.42 Å². The van der Waals surface area contributed by atoms with Crippen LogP contribution < -0.4 is 11.1 Å². The van der Waals surface area contributed by atoms with Gasteiger partial charge in [-0.2, -0.15) is 11.8 Å². The molecular formula is C11H20N4OS. The second-order valence-corrected chi connectivity index (χ2v) is 5.10. The normalized spacial score (nSPS) is 14.4. The van der Waals surface area contributed by atoms with E-state index < -0.39 is 5.60 Å². The Bertz CT molecular complexity index is 370. The smallest absolute Gasteiger partial charge is 0.132 e. The Morgan fingerprint density at radius 1 is 1.53 bits per heavy atom. The van der Waals surface area contributed by atoms with E-state index in [1.54, 1.807) is 24.8 Å². The summed E-state index contributed by atoms with van der Waals surface area (Å²) in [6.07, 6.45) is 2.70. The maximum Gasteiger partial charge on any atom is 0.132 e. The van der Waals surface area contributed by atoms with E-state index in [4.69, 9.17) is 5.73 Å². The topological polar surface area (TPSA) is 84.1 Å². The van der Waals surface area contributed by atoms with E-state index in [2.05, 4.69) is 15.3 Å². The van der Waals surface area contributed by atoms with Crippen LogP contribution in [0.5, 0.6) is 0 Å². The molecule has 0 aliphatic rings. The Balaban J connectivity index is 2.65. The van der Waals surface area contributed by atoms with Crippen LogP contribution in [0.15, 0.2) is 6.07 Å². The highest BCUT2D eigenvalue weighted by Crippen LogP contribution is 2.13. The van der Waals surface area contributed by atoms with Gasteiger partial charge in [-0.05, 0) is 13.2 Å². The van der Waals surface area contributed by atoms with Crippen LogP contribution in [0.4, 0.5) is 11.6 Å². The molecule has 96 valence electrons. The molecule has 6 heteroatoms. The summed E-state index contributed by atoms with van der Waals surface area (Å²) in [5, 5.41) is 13.1. The van der Waals surface area contributed by atoms with Crippen LogP contribution in [0.25, 0.3) is 0 Å². The number of nitrogen functional groups attached to an aromatic ring is 1. The number of nitrogens with zero attached hydrogens (tertiary/aromatic N) is 2. The maximum atomic E-state index is 10.0. The van der Waals surface area contributed by atoms with Gasteiger partial charge in [-0.1, -0.05) is 6.92 Å². The van der Waals surface area contributed by atoms with Crippen LogP contribution in [-0.2, 0) is 6.42 Å².